The van der Waals surface area contributed by atoms with E-state index in [1.165, 1.54) is 14.2 Å². The number of nitrogens with one attached hydrogen (secondary N) is 1. The molecule has 0 aliphatic heterocycles. The molecule has 1 aromatic carbocycles. The van der Waals surface area contributed by atoms with Crippen molar-refractivity contribution in [3.8, 4) is 11.5 Å². The van der Waals surface area contributed by atoms with Crippen LogP contribution in [0.2, 0.25) is 5.02 Å². The van der Waals surface area contributed by atoms with Gasteiger partial charge in [0.05, 0.1) is 25.8 Å². The first-order chi connectivity index (χ1) is 7.11. The zero-order valence-corrected chi connectivity index (χ0v) is 9.68. The Morgan fingerprint density at radius 3 is 2.67 bits per heavy atom. The fourth-order valence-corrected chi connectivity index (χ4v) is 1.49. The van der Waals surface area contributed by atoms with Gasteiger partial charge < -0.3 is 14.7 Å². The van der Waals surface area contributed by atoms with Crippen LogP contribution in [0.1, 0.15) is 11.1 Å². The number of aryl methyl sites for hydroxylation is 1. The van der Waals surface area contributed by atoms with Gasteiger partial charge in [0.2, 0.25) is 0 Å². The molecule has 2 N–H and O–H groups in total. The first kappa shape index (κ1) is 12.1. The van der Waals surface area contributed by atoms with Crippen molar-refractivity contribution in [2.24, 2.45) is 0 Å². The lowest BCUT2D eigenvalue weighted by Crippen LogP contribution is -2.11. The fourth-order valence-electron chi connectivity index (χ4n) is 1.28. The van der Waals surface area contributed by atoms with Crippen molar-refractivity contribution in [3.05, 3.63) is 22.2 Å². The van der Waals surface area contributed by atoms with Crippen molar-refractivity contribution in [1.29, 1.82) is 0 Å². The van der Waals surface area contributed by atoms with Crippen LogP contribution in [0.15, 0.2) is 6.07 Å². The first-order valence-corrected chi connectivity index (χ1v) is 4.80. The van der Waals surface area contributed by atoms with E-state index in [0.29, 0.717) is 22.9 Å². The molecular weight excluding hydrogens is 218 g/mol. The molecule has 0 amide bonds. The summed E-state index contributed by atoms with van der Waals surface area (Å²) in [5, 5.41) is 10.3. The van der Waals surface area contributed by atoms with Gasteiger partial charge in [0, 0.05) is 5.56 Å². The minimum absolute atomic E-state index is 0.0395. The van der Waals surface area contributed by atoms with Gasteiger partial charge in [0.1, 0.15) is 0 Å². The summed E-state index contributed by atoms with van der Waals surface area (Å²) in [6.45, 7) is 2.17. The average molecular weight is 232 g/mol. The number of hydrogen-bond acceptors (Lipinski definition) is 4. The van der Waals surface area contributed by atoms with Crippen LogP contribution < -0.4 is 10.2 Å². The van der Waals surface area contributed by atoms with E-state index in [1.54, 1.807) is 6.07 Å². The number of phenols is 1. The van der Waals surface area contributed by atoms with Crippen LogP contribution >= 0.6 is 11.6 Å². The van der Waals surface area contributed by atoms with E-state index in [1.807, 2.05) is 6.92 Å². The zero-order chi connectivity index (χ0) is 11.4. The van der Waals surface area contributed by atoms with Gasteiger partial charge in [-0.1, -0.05) is 11.6 Å². The molecule has 0 unspecified atom stereocenters. The highest BCUT2D eigenvalue weighted by atomic mass is 35.5. The van der Waals surface area contributed by atoms with Crippen LogP contribution in [0, 0.1) is 6.92 Å². The predicted octanol–water partition coefficient (Wildman–Crippen LogP) is 2.01. The van der Waals surface area contributed by atoms with E-state index >= 15 is 0 Å². The summed E-state index contributed by atoms with van der Waals surface area (Å²) in [7, 11) is 2.99. The van der Waals surface area contributed by atoms with Crippen LogP contribution in [0.25, 0.3) is 0 Å². The molecule has 5 heteroatoms. The number of hydrogen-bond donors (Lipinski definition) is 2. The number of halogens is 1. The lowest BCUT2D eigenvalue weighted by Gasteiger charge is -2.13. The van der Waals surface area contributed by atoms with Gasteiger partial charge in [-0.15, -0.1) is 0 Å². The predicted molar refractivity (Wildman–Crippen MR) is 58.3 cm³/mol. The number of benzene rings is 1. The molecule has 4 nitrogen and oxygen atoms in total. The molecule has 0 saturated carbocycles. The third-order valence-electron chi connectivity index (χ3n) is 2.09. The SMILES string of the molecule is CONCc1c(O)c(OC)cc(C)c1Cl. The summed E-state index contributed by atoms with van der Waals surface area (Å²) >= 11 is 6.05. The molecule has 0 radical (unpaired) electrons. The lowest BCUT2D eigenvalue weighted by molar-refractivity contribution is 0.0861. The van der Waals surface area contributed by atoms with Crippen molar-refractivity contribution in [1.82, 2.24) is 5.48 Å². The third kappa shape index (κ3) is 2.53. The Balaban J connectivity index is 3.15. The standard InChI is InChI=1S/C10H14ClNO3/c1-6-4-8(14-2)10(13)7(9(6)11)5-12-15-3/h4,12-13H,5H2,1-3H3. The molecule has 0 aliphatic carbocycles. The van der Waals surface area contributed by atoms with E-state index in [2.05, 4.69) is 5.48 Å². The van der Waals surface area contributed by atoms with Gasteiger partial charge in [0.15, 0.2) is 11.5 Å². The molecule has 0 saturated heterocycles. The number of aromatic hydroxyl groups is 1. The van der Waals surface area contributed by atoms with E-state index in [-0.39, 0.29) is 5.75 Å². The molecule has 0 atom stereocenters. The number of phenolic OH excluding ortho intramolecular Hbond substituents is 1. The largest absolute Gasteiger partial charge is 0.504 e. The van der Waals surface area contributed by atoms with Crippen molar-refractivity contribution < 1.29 is 14.7 Å². The molecule has 1 rings (SSSR count). The molecule has 0 bridgehead atoms. The summed E-state index contributed by atoms with van der Waals surface area (Å²) in [6.07, 6.45) is 0. The minimum Gasteiger partial charge on any atom is -0.504 e. The summed E-state index contributed by atoms with van der Waals surface area (Å²) in [4.78, 5) is 4.71. The van der Waals surface area contributed by atoms with E-state index < -0.39 is 0 Å². The van der Waals surface area contributed by atoms with Crippen LogP contribution in [-0.4, -0.2) is 19.3 Å². The quantitative estimate of drug-likeness (QED) is 0.779. The molecule has 0 aromatic heterocycles. The maximum Gasteiger partial charge on any atom is 0.163 e. The van der Waals surface area contributed by atoms with Crippen molar-refractivity contribution in [2.45, 2.75) is 13.5 Å². The molecule has 84 valence electrons. The highest BCUT2D eigenvalue weighted by molar-refractivity contribution is 6.32. The summed E-state index contributed by atoms with van der Waals surface area (Å²) in [5.41, 5.74) is 4.04. The van der Waals surface area contributed by atoms with Crippen LogP contribution in [-0.2, 0) is 11.4 Å². The smallest absolute Gasteiger partial charge is 0.163 e. The van der Waals surface area contributed by atoms with Gasteiger partial charge >= 0.3 is 0 Å². The number of methoxy groups -OCH3 is 1. The van der Waals surface area contributed by atoms with E-state index in [0.717, 1.165) is 5.56 Å². The Hall–Kier alpha value is -0.970. The van der Waals surface area contributed by atoms with Crippen molar-refractivity contribution in [3.63, 3.8) is 0 Å². The monoisotopic (exact) mass is 231 g/mol. The molecule has 0 aliphatic rings. The summed E-state index contributed by atoms with van der Waals surface area (Å²) in [6, 6.07) is 1.69. The minimum atomic E-state index is 0.0395. The van der Waals surface area contributed by atoms with Crippen LogP contribution in [0.4, 0.5) is 0 Å². The zero-order valence-electron chi connectivity index (χ0n) is 8.93. The molecular formula is C10H14ClNO3. The van der Waals surface area contributed by atoms with E-state index in [9.17, 15) is 5.11 Å². The lowest BCUT2D eigenvalue weighted by atomic mass is 10.1. The van der Waals surface area contributed by atoms with Crippen molar-refractivity contribution in [2.75, 3.05) is 14.2 Å². The molecule has 0 spiro atoms. The Labute approximate surface area is 93.7 Å². The summed E-state index contributed by atoms with van der Waals surface area (Å²) in [5.74, 6) is 0.447. The Morgan fingerprint density at radius 2 is 2.13 bits per heavy atom. The molecule has 0 heterocycles. The molecule has 1 aromatic rings. The number of hydroxylamine groups is 1. The number of ether oxygens (including phenoxy) is 1. The van der Waals surface area contributed by atoms with E-state index in [4.69, 9.17) is 21.2 Å². The van der Waals surface area contributed by atoms with Gasteiger partial charge in [-0.3, -0.25) is 0 Å². The highest BCUT2D eigenvalue weighted by Gasteiger charge is 2.14. The van der Waals surface area contributed by atoms with Crippen LogP contribution in [0.3, 0.4) is 0 Å². The third-order valence-corrected chi connectivity index (χ3v) is 2.62. The summed E-state index contributed by atoms with van der Waals surface area (Å²) < 4.78 is 5.02. The van der Waals surface area contributed by atoms with Gasteiger partial charge in [0.25, 0.3) is 0 Å². The number of rotatable bonds is 4. The Morgan fingerprint density at radius 1 is 1.47 bits per heavy atom. The maximum absolute atomic E-state index is 9.82. The van der Waals surface area contributed by atoms with Gasteiger partial charge in [-0.2, -0.15) is 5.48 Å². The Bertz CT molecular complexity index is 355. The van der Waals surface area contributed by atoms with Crippen molar-refractivity contribution >= 4 is 11.6 Å². The molecule has 15 heavy (non-hydrogen) atoms. The second kappa shape index (κ2) is 5.21. The fraction of sp³-hybridized carbons (Fsp3) is 0.400. The van der Waals surface area contributed by atoms with Gasteiger partial charge in [-0.25, -0.2) is 0 Å². The molecule has 0 fully saturated rings. The first-order valence-electron chi connectivity index (χ1n) is 4.42. The highest BCUT2D eigenvalue weighted by Crippen LogP contribution is 2.37. The topological polar surface area (TPSA) is 50.7 Å². The second-order valence-corrected chi connectivity index (χ2v) is 3.44. The second-order valence-electron chi connectivity index (χ2n) is 3.06. The Kier molecular flexibility index (Phi) is 4.20. The van der Waals surface area contributed by atoms with Crippen LogP contribution in [0.5, 0.6) is 11.5 Å². The average Bonchev–Trinajstić information content (AvgIpc) is 2.23. The van der Waals surface area contributed by atoms with Gasteiger partial charge in [-0.05, 0) is 18.6 Å². The maximum atomic E-state index is 9.82. The normalized spacial score (nSPS) is 10.4.